The third kappa shape index (κ3) is 63.6. The number of carbonyl (C=O) groups is 3. The highest BCUT2D eigenvalue weighted by molar-refractivity contribution is 5.70. The summed E-state index contributed by atoms with van der Waals surface area (Å²) >= 11 is 0. The molecule has 0 saturated heterocycles. The van der Waals surface area contributed by atoms with Crippen LogP contribution in [-0.4, -0.2) is 82.3 Å². The molecule has 474 valence electrons. The number of rotatable bonds is 67. The van der Waals surface area contributed by atoms with Crippen LogP contribution < -0.4 is 5.11 Å². The maximum Gasteiger partial charge on any atom is 0.306 e. The van der Waals surface area contributed by atoms with Gasteiger partial charge in [0.15, 0.2) is 12.4 Å². The van der Waals surface area contributed by atoms with E-state index in [-0.39, 0.29) is 32.2 Å². The number of hydrogen-bond acceptors (Lipinski definition) is 8. The van der Waals surface area contributed by atoms with Crippen molar-refractivity contribution in [1.82, 2.24) is 0 Å². The van der Waals surface area contributed by atoms with Crippen LogP contribution >= 0.6 is 0 Å². The first kappa shape index (κ1) is 78.0. The second kappa shape index (κ2) is 63.1. The van der Waals surface area contributed by atoms with E-state index < -0.39 is 24.3 Å². The first-order valence-corrected chi connectivity index (χ1v) is 35.3. The van der Waals surface area contributed by atoms with Gasteiger partial charge in [0.1, 0.15) is 13.2 Å². The lowest BCUT2D eigenvalue weighted by molar-refractivity contribution is -0.870. The quantitative estimate of drug-likeness (QED) is 0.0195. The Balaban J connectivity index is 4.05. The van der Waals surface area contributed by atoms with Gasteiger partial charge in [0.25, 0.3) is 0 Å². The van der Waals surface area contributed by atoms with Gasteiger partial charge < -0.3 is 33.3 Å². The van der Waals surface area contributed by atoms with Crippen LogP contribution in [0.15, 0.2) is 12.2 Å². The first-order valence-electron chi connectivity index (χ1n) is 35.3. The smallest absolute Gasteiger partial charge is 0.306 e. The number of unbranched alkanes of at least 4 members (excludes halogenated alkanes) is 50. The van der Waals surface area contributed by atoms with E-state index in [0.717, 1.165) is 38.5 Å². The standard InChI is InChI=1S/C71H137NO8/c1-6-8-10-12-14-16-18-20-22-24-26-28-30-32-34-35-36-38-40-42-44-46-48-50-52-54-56-58-60-62-69(74)80-67(66-79-71(70(75)76)77-64-63-72(3,4)5)65-78-68(73)61-59-57-55-53-51-49-47-45-43-41-39-37-33-31-29-27-25-23-21-19-17-15-13-11-9-7-2/h24,26,67,71H,6-23,25,27-66H2,1-5H3/b26-24-. The van der Waals surface area contributed by atoms with Crippen molar-refractivity contribution in [3.8, 4) is 0 Å². The van der Waals surface area contributed by atoms with E-state index in [1.807, 2.05) is 21.1 Å². The predicted molar refractivity (Wildman–Crippen MR) is 339 cm³/mol. The lowest BCUT2D eigenvalue weighted by Gasteiger charge is -2.26. The molecule has 0 aromatic rings. The second-order valence-corrected chi connectivity index (χ2v) is 25.5. The van der Waals surface area contributed by atoms with Crippen LogP contribution in [0.3, 0.4) is 0 Å². The number of quaternary nitrogens is 1. The molecule has 0 aromatic carbocycles. The molecule has 0 aliphatic heterocycles. The third-order valence-electron chi connectivity index (χ3n) is 16.3. The van der Waals surface area contributed by atoms with Gasteiger partial charge in [0, 0.05) is 12.8 Å². The zero-order valence-electron chi connectivity index (χ0n) is 54.2. The van der Waals surface area contributed by atoms with E-state index in [1.54, 1.807) is 0 Å². The molecule has 9 heteroatoms. The molecule has 9 nitrogen and oxygen atoms in total. The Morgan fingerprint density at radius 1 is 0.362 bits per heavy atom. The zero-order valence-corrected chi connectivity index (χ0v) is 54.2. The maximum absolute atomic E-state index is 12.9. The highest BCUT2D eigenvalue weighted by Gasteiger charge is 2.22. The average Bonchev–Trinajstić information content (AvgIpc) is 3.43. The molecular weight excluding hydrogens is 995 g/mol. The number of aliphatic carboxylic acids is 1. The van der Waals surface area contributed by atoms with Gasteiger partial charge in [-0.3, -0.25) is 9.59 Å². The SMILES string of the molecule is CCCCCCCCCC/C=C\CCCCCCCCCCCCCCCCCCCC(=O)OC(COC(=O)CCCCCCCCCCCCCCCCCCCCCCCCCCCC)COC(OCC[N+](C)(C)C)C(=O)[O-]. The Morgan fingerprint density at radius 3 is 0.925 bits per heavy atom. The molecule has 80 heavy (non-hydrogen) atoms. The molecule has 0 aliphatic carbocycles. The second-order valence-electron chi connectivity index (χ2n) is 25.5. The summed E-state index contributed by atoms with van der Waals surface area (Å²) in [7, 11) is 5.95. The minimum Gasteiger partial charge on any atom is -0.545 e. The van der Waals surface area contributed by atoms with E-state index in [0.29, 0.717) is 17.4 Å². The van der Waals surface area contributed by atoms with E-state index in [4.69, 9.17) is 18.9 Å². The average molecular weight is 1130 g/mol. The molecule has 0 saturated carbocycles. The summed E-state index contributed by atoms with van der Waals surface area (Å²) in [6.45, 7) is 4.83. The summed E-state index contributed by atoms with van der Waals surface area (Å²) in [5.74, 6) is -2.25. The van der Waals surface area contributed by atoms with Crippen LogP contribution in [0, 0.1) is 0 Å². The maximum atomic E-state index is 12.9. The Kier molecular flexibility index (Phi) is 61.5. The summed E-state index contributed by atoms with van der Waals surface area (Å²) in [5.41, 5.74) is 0. The molecule has 0 rings (SSSR count). The van der Waals surface area contributed by atoms with Crippen molar-refractivity contribution in [3.05, 3.63) is 12.2 Å². The number of likely N-dealkylation sites (N-methyl/N-ethyl adjacent to an activating group) is 1. The highest BCUT2D eigenvalue weighted by atomic mass is 16.7. The molecule has 0 amide bonds. The molecule has 0 fully saturated rings. The van der Waals surface area contributed by atoms with Crippen LogP contribution in [0.5, 0.6) is 0 Å². The Morgan fingerprint density at radius 2 is 0.637 bits per heavy atom. The molecule has 0 bridgehead atoms. The van der Waals surface area contributed by atoms with Gasteiger partial charge in [0.2, 0.25) is 0 Å². The number of carboxylic acids is 1. The summed E-state index contributed by atoms with van der Waals surface area (Å²) in [6, 6.07) is 0. The van der Waals surface area contributed by atoms with Gasteiger partial charge in [-0.15, -0.1) is 0 Å². The lowest BCUT2D eigenvalue weighted by atomic mass is 10.0. The number of nitrogens with zero attached hydrogens (tertiary/aromatic N) is 1. The molecule has 0 heterocycles. The number of allylic oxidation sites excluding steroid dienone is 2. The summed E-state index contributed by atoms with van der Waals surface area (Å²) in [4.78, 5) is 37.5. The number of carboxylic acid groups (broad SMARTS) is 1. The van der Waals surface area contributed by atoms with E-state index >= 15 is 0 Å². The highest BCUT2D eigenvalue weighted by Crippen LogP contribution is 2.19. The minimum absolute atomic E-state index is 0.152. The van der Waals surface area contributed by atoms with Gasteiger partial charge in [0.05, 0.1) is 40.3 Å². The number of hydrogen-bond donors (Lipinski definition) is 0. The van der Waals surface area contributed by atoms with E-state index in [1.165, 1.54) is 302 Å². The fraction of sp³-hybridized carbons (Fsp3) is 0.930. The normalized spacial score (nSPS) is 12.7. The molecule has 0 aliphatic rings. The number of esters is 2. The molecule has 0 spiro atoms. The Labute approximate surface area is 497 Å². The fourth-order valence-corrected chi connectivity index (χ4v) is 10.8. The van der Waals surface area contributed by atoms with Gasteiger partial charge in [-0.2, -0.15) is 0 Å². The fourth-order valence-electron chi connectivity index (χ4n) is 10.8. The van der Waals surface area contributed by atoms with Crippen LogP contribution in [0.25, 0.3) is 0 Å². The Hall–Kier alpha value is -1.97. The molecule has 2 unspecified atom stereocenters. The first-order chi connectivity index (χ1) is 39.1. The van der Waals surface area contributed by atoms with E-state index in [2.05, 4.69) is 26.0 Å². The van der Waals surface area contributed by atoms with Gasteiger partial charge in [-0.25, -0.2) is 0 Å². The van der Waals surface area contributed by atoms with Crippen LogP contribution in [0.1, 0.15) is 367 Å². The van der Waals surface area contributed by atoms with Crippen molar-refractivity contribution in [2.45, 2.75) is 379 Å². The number of ether oxygens (including phenoxy) is 4. The summed E-state index contributed by atoms with van der Waals surface area (Å²) < 4.78 is 22.8. The van der Waals surface area contributed by atoms with Gasteiger partial charge in [-0.1, -0.05) is 328 Å². The summed E-state index contributed by atoms with van der Waals surface area (Å²) in [5, 5.41) is 11.8. The van der Waals surface area contributed by atoms with Crippen molar-refractivity contribution >= 4 is 17.9 Å². The lowest BCUT2D eigenvalue weighted by Crippen LogP contribution is -2.44. The van der Waals surface area contributed by atoms with Crippen molar-refractivity contribution < 1.29 is 42.9 Å². The third-order valence-corrected chi connectivity index (χ3v) is 16.3. The zero-order chi connectivity index (χ0) is 58.3. The molecule has 0 N–H and O–H groups in total. The van der Waals surface area contributed by atoms with Crippen LogP contribution in [-0.2, 0) is 33.3 Å². The van der Waals surface area contributed by atoms with Crippen molar-refractivity contribution in [1.29, 1.82) is 0 Å². The minimum atomic E-state index is -1.62. The van der Waals surface area contributed by atoms with E-state index in [9.17, 15) is 19.5 Å². The molecular formula is C71H137NO8. The monoisotopic (exact) mass is 1130 g/mol. The molecule has 0 radical (unpaired) electrons. The largest absolute Gasteiger partial charge is 0.545 e. The van der Waals surface area contributed by atoms with Gasteiger partial charge in [-0.05, 0) is 38.5 Å². The summed E-state index contributed by atoms with van der Waals surface area (Å²) in [6.07, 6.45) is 73.0. The van der Waals surface area contributed by atoms with Crippen molar-refractivity contribution in [3.63, 3.8) is 0 Å². The topological polar surface area (TPSA) is 111 Å². The number of carbonyl (C=O) groups excluding carboxylic acids is 3. The predicted octanol–water partition coefficient (Wildman–Crippen LogP) is 20.3. The van der Waals surface area contributed by atoms with Gasteiger partial charge >= 0.3 is 11.9 Å². The van der Waals surface area contributed by atoms with Crippen molar-refractivity contribution in [2.24, 2.45) is 0 Å². The molecule has 0 aromatic heterocycles. The van der Waals surface area contributed by atoms with Crippen LogP contribution in [0.2, 0.25) is 0 Å². The van der Waals surface area contributed by atoms with Crippen LogP contribution in [0.4, 0.5) is 0 Å². The van der Waals surface area contributed by atoms with Crippen molar-refractivity contribution in [2.75, 3.05) is 47.5 Å². The Bertz CT molecular complexity index is 1320. The molecule has 2 atom stereocenters.